The monoisotopic (exact) mass is 371 g/mol. The zero-order valence-electron chi connectivity index (χ0n) is 14.0. The van der Waals surface area contributed by atoms with Crippen molar-refractivity contribution in [1.29, 1.82) is 0 Å². The molecule has 0 spiro atoms. The summed E-state index contributed by atoms with van der Waals surface area (Å²) in [6.45, 7) is 5.71. The van der Waals surface area contributed by atoms with Crippen molar-refractivity contribution in [2.75, 3.05) is 11.2 Å². The van der Waals surface area contributed by atoms with E-state index in [0.717, 1.165) is 32.7 Å². The molecule has 9 heteroatoms. The fourth-order valence-corrected chi connectivity index (χ4v) is 3.57. The minimum atomic E-state index is 0.538. The van der Waals surface area contributed by atoms with Gasteiger partial charge in [-0.05, 0) is 32.9 Å². The van der Waals surface area contributed by atoms with Crippen LogP contribution in [0.15, 0.2) is 45.7 Å². The van der Waals surface area contributed by atoms with E-state index in [0.29, 0.717) is 10.3 Å². The summed E-state index contributed by atoms with van der Waals surface area (Å²) in [7, 11) is 0. The SMILES string of the molecule is C/C(=N/Nc1nc(C)c(N=Nc2ccccc2)s1)c1sc(N)nc1C. The van der Waals surface area contributed by atoms with Gasteiger partial charge >= 0.3 is 0 Å². The van der Waals surface area contributed by atoms with Gasteiger partial charge in [0.25, 0.3) is 0 Å². The zero-order chi connectivity index (χ0) is 17.8. The van der Waals surface area contributed by atoms with E-state index < -0.39 is 0 Å². The third-order valence-corrected chi connectivity index (χ3v) is 5.29. The number of anilines is 2. The summed E-state index contributed by atoms with van der Waals surface area (Å²) in [5, 5.41) is 14.8. The van der Waals surface area contributed by atoms with Gasteiger partial charge < -0.3 is 5.73 Å². The van der Waals surface area contributed by atoms with Crippen molar-refractivity contribution >= 4 is 49.3 Å². The Bertz CT molecular complexity index is 925. The number of benzene rings is 1. The third kappa shape index (κ3) is 4.25. The number of nitrogens with one attached hydrogen (secondary N) is 1. The molecule has 2 heterocycles. The predicted octanol–water partition coefficient (Wildman–Crippen LogP) is 5.05. The van der Waals surface area contributed by atoms with E-state index in [2.05, 4.69) is 30.7 Å². The Kier molecular flexibility index (Phi) is 5.15. The molecule has 3 N–H and O–H groups in total. The molecule has 0 radical (unpaired) electrons. The fraction of sp³-hybridized carbons (Fsp3) is 0.188. The fourth-order valence-electron chi connectivity index (χ4n) is 2.06. The van der Waals surface area contributed by atoms with Crippen LogP contribution >= 0.6 is 22.7 Å². The molecule has 128 valence electrons. The molecule has 0 aliphatic rings. The van der Waals surface area contributed by atoms with Crippen molar-refractivity contribution < 1.29 is 0 Å². The van der Waals surface area contributed by atoms with Gasteiger partial charge in [0.2, 0.25) is 5.13 Å². The van der Waals surface area contributed by atoms with Gasteiger partial charge in [0.15, 0.2) is 10.1 Å². The molecule has 2 aromatic heterocycles. The number of thiazole rings is 2. The van der Waals surface area contributed by atoms with Gasteiger partial charge in [-0.25, -0.2) is 9.97 Å². The number of nitrogens with zero attached hydrogens (tertiary/aromatic N) is 5. The lowest BCUT2D eigenvalue weighted by atomic mass is 10.3. The van der Waals surface area contributed by atoms with E-state index in [4.69, 9.17) is 5.73 Å². The number of rotatable bonds is 5. The molecule has 0 aliphatic heterocycles. The highest BCUT2D eigenvalue weighted by atomic mass is 32.1. The van der Waals surface area contributed by atoms with Crippen LogP contribution in [-0.4, -0.2) is 15.7 Å². The lowest BCUT2D eigenvalue weighted by molar-refractivity contribution is 1.17. The minimum Gasteiger partial charge on any atom is -0.375 e. The Balaban J connectivity index is 1.73. The molecule has 7 nitrogen and oxygen atoms in total. The summed E-state index contributed by atoms with van der Waals surface area (Å²) >= 11 is 2.82. The van der Waals surface area contributed by atoms with Crippen LogP contribution in [0.25, 0.3) is 0 Å². The molecule has 0 saturated carbocycles. The summed E-state index contributed by atoms with van der Waals surface area (Å²) < 4.78 is 0. The average Bonchev–Trinajstić information content (AvgIpc) is 3.13. The summed E-state index contributed by atoms with van der Waals surface area (Å²) in [5.41, 5.74) is 12.0. The number of hydrazone groups is 1. The third-order valence-electron chi connectivity index (χ3n) is 3.25. The molecule has 0 unspecified atom stereocenters. The maximum atomic E-state index is 5.73. The largest absolute Gasteiger partial charge is 0.375 e. The summed E-state index contributed by atoms with van der Waals surface area (Å²) in [6, 6.07) is 9.59. The number of azo groups is 1. The van der Waals surface area contributed by atoms with Gasteiger partial charge in [-0.2, -0.15) is 5.10 Å². The van der Waals surface area contributed by atoms with Crippen LogP contribution < -0.4 is 11.2 Å². The Labute approximate surface area is 153 Å². The number of hydrogen-bond acceptors (Lipinski definition) is 9. The van der Waals surface area contributed by atoms with Crippen molar-refractivity contribution in [2.45, 2.75) is 20.8 Å². The standard InChI is InChI=1S/C16H17N7S2/c1-9-13(24-15(17)18-9)10(2)20-23-16-19-11(3)14(25-16)22-21-12-7-5-4-6-8-12/h4-8H,1-3H3,(H2,17,18)(H,19,23)/b20-10-,22-21?. The average molecular weight is 371 g/mol. The summed E-state index contributed by atoms with van der Waals surface area (Å²) in [4.78, 5) is 9.59. The first-order valence-electron chi connectivity index (χ1n) is 7.50. The molecular weight excluding hydrogens is 354 g/mol. The second kappa shape index (κ2) is 7.49. The first kappa shape index (κ1) is 17.2. The van der Waals surface area contributed by atoms with Crippen molar-refractivity contribution in [1.82, 2.24) is 9.97 Å². The van der Waals surface area contributed by atoms with Gasteiger partial charge in [0.1, 0.15) is 0 Å². The van der Waals surface area contributed by atoms with Crippen LogP contribution in [0, 0.1) is 13.8 Å². The number of nitrogen functional groups attached to an aromatic ring is 1. The van der Waals surface area contributed by atoms with Gasteiger partial charge in [-0.15, -0.1) is 10.2 Å². The molecule has 25 heavy (non-hydrogen) atoms. The molecule has 0 saturated heterocycles. The van der Waals surface area contributed by atoms with E-state index in [-0.39, 0.29) is 0 Å². The molecule has 3 aromatic rings. The molecule has 1 aromatic carbocycles. The van der Waals surface area contributed by atoms with Crippen LogP contribution in [-0.2, 0) is 0 Å². The smallest absolute Gasteiger partial charge is 0.205 e. The van der Waals surface area contributed by atoms with Crippen molar-refractivity contribution in [3.05, 3.63) is 46.6 Å². The second-order valence-corrected chi connectivity index (χ2v) is 7.23. The highest BCUT2D eigenvalue weighted by Crippen LogP contribution is 2.32. The molecule has 0 fully saturated rings. The first-order valence-corrected chi connectivity index (χ1v) is 9.14. The Morgan fingerprint density at radius 3 is 2.48 bits per heavy atom. The van der Waals surface area contributed by atoms with E-state index >= 15 is 0 Å². The maximum absolute atomic E-state index is 5.73. The van der Waals surface area contributed by atoms with Crippen molar-refractivity contribution in [3.63, 3.8) is 0 Å². The van der Waals surface area contributed by atoms with Crippen molar-refractivity contribution in [3.8, 4) is 0 Å². The van der Waals surface area contributed by atoms with E-state index in [1.54, 1.807) is 0 Å². The Hall–Kier alpha value is -2.65. The van der Waals surface area contributed by atoms with Crippen LogP contribution in [0.3, 0.4) is 0 Å². The van der Waals surface area contributed by atoms with Crippen LogP contribution in [0.4, 0.5) is 21.0 Å². The Morgan fingerprint density at radius 1 is 1.04 bits per heavy atom. The highest BCUT2D eigenvalue weighted by Gasteiger charge is 2.10. The first-order chi connectivity index (χ1) is 12.0. The number of aryl methyl sites for hydroxylation is 2. The second-order valence-electron chi connectivity index (χ2n) is 5.22. The topological polar surface area (TPSA) is 101 Å². The number of hydrogen-bond donors (Lipinski definition) is 2. The van der Waals surface area contributed by atoms with Gasteiger partial charge in [-0.3, -0.25) is 5.43 Å². The molecule has 0 atom stereocenters. The van der Waals surface area contributed by atoms with E-state index in [1.807, 2.05) is 51.1 Å². The van der Waals surface area contributed by atoms with E-state index in [9.17, 15) is 0 Å². The van der Waals surface area contributed by atoms with Gasteiger partial charge in [0.05, 0.1) is 27.7 Å². The van der Waals surface area contributed by atoms with Gasteiger partial charge in [-0.1, -0.05) is 40.9 Å². The van der Waals surface area contributed by atoms with E-state index in [1.165, 1.54) is 22.7 Å². The molecule has 0 amide bonds. The molecule has 3 rings (SSSR count). The number of aromatic nitrogens is 2. The quantitative estimate of drug-likeness (QED) is 0.372. The molecule has 0 bridgehead atoms. The molecular formula is C16H17N7S2. The highest BCUT2D eigenvalue weighted by molar-refractivity contribution is 7.19. The summed E-state index contributed by atoms with van der Waals surface area (Å²) in [6.07, 6.45) is 0. The minimum absolute atomic E-state index is 0.538. The van der Waals surface area contributed by atoms with Crippen LogP contribution in [0.5, 0.6) is 0 Å². The zero-order valence-corrected chi connectivity index (χ0v) is 15.6. The Morgan fingerprint density at radius 2 is 1.80 bits per heavy atom. The normalized spacial score (nSPS) is 12.0. The maximum Gasteiger partial charge on any atom is 0.205 e. The van der Waals surface area contributed by atoms with Crippen LogP contribution in [0.2, 0.25) is 0 Å². The molecule has 0 aliphatic carbocycles. The van der Waals surface area contributed by atoms with Crippen molar-refractivity contribution in [2.24, 2.45) is 15.3 Å². The van der Waals surface area contributed by atoms with Gasteiger partial charge in [0, 0.05) is 0 Å². The van der Waals surface area contributed by atoms with Crippen LogP contribution in [0.1, 0.15) is 23.2 Å². The summed E-state index contributed by atoms with van der Waals surface area (Å²) in [5.74, 6) is 0. The predicted molar refractivity (Wildman–Crippen MR) is 105 cm³/mol. The lowest BCUT2D eigenvalue weighted by Crippen LogP contribution is -1.99. The number of nitrogens with two attached hydrogens (primary N) is 1. The lowest BCUT2D eigenvalue weighted by Gasteiger charge is -1.98.